The van der Waals surface area contributed by atoms with E-state index in [9.17, 15) is 0 Å². The van der Waals surface area contributed by atoms with Crippen molar-refractivity contribution in [1.82, 2.24) is 13.7 Å². The van der Waals surface area contributed by atoms with Crippen molar-refractivity contribution in [3.05, 3.63) is 52.4 Å². The lowest BCUT2D eigenvalue weighted by atomic mass is 9.56. The molecule has 5 atom stereocenters. The van der Waals surface area contributed by atoms with E-state index in [0.717, 1.165) is 29.6 Å². The Kier molecular flexibility index (Phi) is 10.7. The molecule has 9 rings (SSSR count). The van der Waals surface area contributed by atoms with Crippen LogP contribution in [0.25, 0.3) is 28.9 Å². The summed E-state index contributed by atoms with van der Waals surface area (Å²) in [6.45, 7) is 9.58. The molecule has 0 saturated heterocycles. The number of allylic oxidation sites excluding steroid dienone is 1. The SMILES string of the molecule is C/C=C/c1c(C)cc(-c2c(C)cc(-c3c(C)cc(C4CCCC5CC6CCCCC6CC54)n3C3CCCCC3)n2C2CCCCC2)n1C1CCCCC1. The highest BCUT2D eigenvalue weighted by Gasteiger charge is 2.45. The number of aryl methyl sites for hydroxylation is 3. The summed E-state index contributed by atoms with van der Waals surface area (Å²) in [7, 11) is 0. The summed E-state index contributed by atoms with van der Waals surface area (Å²) in [6, 6.07) is 9.90. The molecule has 6 saturated carbocycles. The van der Waals surface area contributed by atoms with Gasteiger partial charge in [0, 0.05) is 35.4 Å². The van der Waals surface area contributed by atoms with Gasteiger partial charge in [0.2, 0.25) is 0 Å². The fourth-order valence-corrected chi connectivity index (χ4v) is 13.9. The topological polar surface area (TPSA) is 14.8 Å². The van der Waals surface area contributed by atoms with Gasteiger partial charge in [0.25, 0.3) is 0 Å². The third kappa shape index (κ3) is 6.68. The van der Waals surface area contributed by atoms with E-state index in [1.54, 1.807) is 34.8 Å². The van der Waals surface area contributed by atoms with Crippen LogP contribution in [0.4, 0.5) is 0 Å². The van der Waals surface area contributed by atoms with Crippen LogP contribution in [0.15, 0.2) is 24.3 Å². The third-order valence-corrected chi connectivity index (χ3v) is 16.2. The molecule has 6 aliphatic carbocycles. The molecule has 3 heterocycles. The second-order valence-electron chi connectivity index (χ2n) is 19.5. The molecule has 0 amide bonds. The molecule has 5 unspecified atom stereocenters. The van der Waals surface area contributed by atoms with Crippen LogP contribution in [0.2, 0.25) is 0 Å². The van der Waals surface area contributed by atoms with Gasteiger partial charge in [0.05, 0.1) is 22.8 Å². The quantitative estimate of drug-likeness (QED) is 0.231. The second-order valence-corrected chi connectivity index (χ2v) is 19.5. The molecule has 3 heteroatoms. The average Bonchev–Trinajstić information content (AvgIpc) is 3.83. The maximum Gasteiger partial charge on any atom is 0.0685 e. The summed E-state index contributed by atoms with van der Waals surface area (Å²) in [4.78, 5) is 0. The van der Waals surface area contributed by atoms with Gasteiger partial charge in [0.15, 0.2) is 0 Å². The molecular formula is C50H73N3. The van der Waals surface area contributed by atoms with Crippen molar-refractivity contribution in [1.29, 1.82) is 0 Å². The van der Waals surface area contributed by atoms with E-state index >= 15 is 0 Å². The normalized spacial score (nSPS) is 29.5. The molecular weight excluding hydrogens is 643 g/mol. The monoisotopic (exact) mass is 716 g/mol. The van der Waals surface area contributed by atoms with E-state index < -0.39 is 0 Å². The Morgan fingerprint density at radius 2 is 0.962 bits per heavy atom. The van der Waals surface area contributed by atoms with Gasteiger partial charge < -0.3 is 13.7 Å². The van der Waals surface area contributed by atoms with Crippen molar-refractivity contribution in [2.45, 2.75) is 206 Å². The molecule has 3 aromatic rings. The molecule has 3 aromatic heterocycles. The van der Waals surface area contributed by atoms with Gasteiger partial charge in [-0.1, -0.05) is 102 Å². The van der Waals surface area contributed by atoms with Crippen LogP contribution in [-0.2, 0) is 0 Å². The highest BCUT2D eigenvalue weighted by molar-refractivity contribution is 5.75. The zero-order valence-corrected chi connectivity index (χ0v) is 34.3. The fraction of sp³-hybridized carbons (Fsp3) is 0.720. The van der Waals surface area contributed by atoms with E-state index in [4.69, 9.17) is 0 Å². The molecule has 53 heavy (non-hydrogen) atoms. The molecule has 0 spiro atoms. The van der Waals surface area contributed by atoms with Crippen molar-refractivity contribution in [2.24, 2.45) is 23.7 Å². The van der Waals surface area contributed by atoms with Gasteiger partial charge >= 0.3 is 0 Å². The standard InChI is InChI=1S/C50H73N3/c1-5-18-45-34(2)29-47(51(45)40-22-9-6-10-23-40)49-36(4)31-48(53(49)42-26-13-8-14-27-42)50-35(3)30-46(52(50)41-24-11-7-12-25-41)43-28-17-21-39-32-37-19-15-16-20-38(37)33-44(39)43/h5,18,29-31,37-44H,6-17,19-28,32-33H2,1-4H3/b18-5+. The van der Waals surface area contributed by atoms with Gasteiger partial charge in [0.1, 0.15) is 0 Å². The first-order chi connectivity index (χ1) is 26.0. The molecule has 6 fully saturated rings. The molecule has 3 nitrogen and oxygen atoms in total. The minimum Gasteiger partial charge on any atom is -0.340 e. The Balaban J connectivity index is 1.22. The number of fused-ring (bicyclic) bond motifs is 2. The lowest BCUT2D eigenvalue weighted by Crippen LogP contribution is -2.39. The first-order valence-corrected chi connectivity index (χ1v) is 23.3. The highest BCUT2D eigenvalue weighted by Crippen LogP contribution is 2.56. The maximum atomic E-state index is 3.07. The molecule has 0 radical (unpaired) electrons. The number of rotatable bonds is 7. The maximum absolute atomic E-state index is 3.07. The van der Waals surface area contributed by atoms with Crippen LogP contribution in [0.1, 0.15) is 213 Å². The van der Waals surface area contributed by atoms with Crippen LogP contribution in [-0.4, -0.2) is 13.7 Å². The fourth-order valence-electron chi connectivity index (χ4n) is 13.9. The Hall–Kier alpha value is -2.42. The zero-order valence-electron chi connectivity index (χ0n) is 34.3. The molecule has 6 aliphatic rings. The predicted octanol–water partition coefficient (Wildman–Crippen LogP) is 15.0. The lowest BCUT2D eigenvalue weighted by molar-refractivity contribution is 0.0369. The first kappa shape index (κ1) is 36.2. The molecule has 0 N–H and O–H groups in total. The van der Waals surface area contributed by atoms with E-state index in [-0.39, 0.29) is 0 Å². The summed E-state index contributed by atoms with van der Waals surface area (Å²) in [5.74, 6) is 4.67. The van der Waals surface area contributed by atoms with Crippen molar-refractivity contribution in [2.75, 3.05) is 0 Å². The number of hydrogen-bond acceptors (Lipinski definition) is 0. The van der Waals surface area contributed by atoms with Crippen molar-refractivity contribution >= 4 is 6.08 Å². The van der Waals surface area contributed by atoms with Gasteiger partial charge in [-0.15, -0.1) is 0 Å². The van der Waals surface area contributed by atoms with Gasteiger partial charge in [-0.3, -0.25) is 0 Å². The summed E-state index contributed by atoms with van der Waals surface area (Å²) in [5.41, 5.74) is 13.9. The van der Waals surface area contributed by atoms with Crippen LogP contribution < -0.4 is 0 Å². The Morgan fingerprint density at radius 3 is 1.60 bits per heavy atom. The van der Waals surface area contributed by atoms with Gasteiger partial charge in [-0.2, -0.15) is 0 Å². The van der Waals surface area contributed by atoms with Crippen molar-refractivity contribution < 1.29 is 0 Å². The molecule has 0 bridgehead atoms. The smallest absolute Gasteiger partial charge is 0.0685 e. The zero-order chi connectivity index (χ0) is 36.1. The Bertz CT molecular complexity index is 1740. The van der Waals surface area contributed by atoms with E-state index in [2.05, 4.69) is 71.7 Å². The minimum atomic E-state index is 0.584. The second kappa shape index (κ2) is 15.6. The minimum absolute atomic E-state index is 0.584. The summed E-state index contributed by atoms with van der Waals surface area (Å²) in [5, 5.41) is 0. The van der Waals surface area contributed by atoms with Crippen LogP contribution in [0.5, 0.6) is 0 Å². The van der Waals surface area contributed by atoms with E-state index in [1.807, 2.05) is 0 Å². The van der Waals surface area contributed by atoms with Crippen molar-refractivity contribution in [3.63, 3.8) is 0 Å². The number of nitrogens with zero attached hydrogens (tertiary/aromatic N) is 3. The molecule has 0 aromatic carbocycles. The average molecular weight is 716 g/mol. The van der Waals surface area contributed by atoms with E-state index in [1.165, 1.54) is 170 Å². The first-order valence-electron chi connectivity index (χ1n) is 23.3. The lowest BCUT2D eigenvalue weighted by Gasteiger charge is -2.49. The summed E-state index contributed by atoms with van der Waals surface area (Å²) >= 11 is 0. The number of aromatic nitrogens is 3. The van der Waals surface area contributed by atoms with Crippen LogP contribution in [0, 0.1) is 44.4 Å². The molecule has 0 aliphatic heterocycles. The van der Waals surface area contributed by atoms with Gasteiger partial charge in [-0.05, 0) is 150 Å². The predicted molar refractivity (Wildman–Crippen MR) is 225 cm³/mol. The van der Waals surface area contributed by atoms with Crippen LogP contribution in [0.3, 0.4) is 0 Å². The third-order valence-electron chi connectivity index (χ3n) is 16.2. The summed E-state index contributed by atoms with van der Waals surface area (Å²) in [6.07, 6.45) is 38.7. The summed E-state index contributed by atoms with van der Waals surface area (Å²) < 4.78 is 8.88. The number of hydrogen-bond donors (Lipinski definition) is 0. The largest absolute Gasteiger partial charge is 0.340 e. The molecule has 288 valence electrons. The van der Waals surface area contributed by atoms with Gasteiger partial charge in [-0.25, -0.2) is 0 Å². The Labute approximate surface area is 323 Å². The Morgan fingerprint density at radius 1 is 0.472 bits per heavy atom. The van der Waals surface area contributed by atoms with Crippen LogP contribution >= 0.6 is 0 Å². The van der Waals surface area contributed by atoms with Crippen molar-refractivity contribution in [3.8, 4) is 22.8 Å². The van der Waals surface area contributed by atoms with E-state index in [0.29, 0.717) is 18.1 Å². The highest BCUT2D eigenvalue weighted by atomic mass is 15.1.